The number of thiazole rings is 1. The zero-order chi connectivity index (χ0) is 17.6. The molecule has 3 heterocycles. The van der Waals surface area contributed by atoms with Gasteiger partial charge in [-0.2, -0.15) is 0 Å². The molecule has 25 heavy (non-hydrogen) atoms. The van der Waals surface area contributed by atoms with Gasteiger partial charge < -0.3 is 9.80 Å². The molecule has 3 aromatic rings. The summed E-state index contributed by atoms with van der Waals surface area (Å²) in [6, 6.07) is 2.13. The van der Waals surface area contributed by atoms with E-state index in [2.05, 4.69) is 14.6 Å². The van der Waals surface area contributed by atoms with E-state index in [1.807, 2.05) is 4.90 Å². The van der Waals surface area contributed by atoms with E-state index in [-0.39, 0.29) is 11.4 Å². The van der Waals surface area contributed by atoms with Gasteiger partial charge in [0.05, 0.1) is 10.4 Å². The number of aromatic nitrogens is 3. The Morgan fingerprint density at radius 1 is 1.20 bits per heavy atom. The molecule has 0 bridgehead atoms. The van der Waals surface area contributed by atoms with Crippen LogP contribution < -0.4 is 4.90 Å². The minimum Gasteiger partial charge on any atom is -0.345 e. The van der Waals surface area contributed by atoms with Crippen molar-refractivity contribution in [2.75, 3.05) is 31.1 Å². The van der Waals surface area contributed by atoms with Crippen molar-refractivity contribution in [2.24, 2.45) is 0 Å². The molecule has 6 nitrogen and oxygen atoms in total. The summed E-state index contributed by atoms with van der Waals surface area (Å²) in [5, 5.41) is 4.51. The number of anilines is 1. The summed E-state index contributed by atoms with van der Waals surface area (Å²) in [7, 11) is 0. The van der Waals surface area contributed by atoms with Crippen LogP contribution in [0.2, 0.25) is 0 Å². The van der Waals surface area contributed by atoms with Crippen LogP contribution in [0, 0.1) is 18.6 Å². The molecule has 1 aromatic carbocycles. The normalized spacial score (nSPS) is 15.2. The Morgan fingerprint density at radius 2 is 1.96 bits per heavy atom. The molecule has 1 fully saturated rings. The van der Waals surface area contributed by atoms with E-state index < -0.39 is 11.6 Å². The Hall–Kier alpha value is -2.20. The van der Waals surface area contributed by atoms with Crippen LogP contribution in [0.5, 0.6) is 0 Å². The Balaban J connectivity index is 1.49. The van der Waals surface area contributed by atoms with Crippen LogP contribution >= 0.6 is 22.9 Å². The molecule has 1 amide bonds. The van der Waals surface area contributed by atoms with Crippen LogP contribution in [0.25, 0.3) is 10.2 Å². The van der Waals surface area contributed by atoms with Crippen molar-refractivity contribution >= 4 is 44.1 Å². The van der Waals surface area contributed by atoms with Gasteiger partial charge in [-0.25, -0.2) is 13.8 Å². The van der Waals surface area contributed by atoms with Gasteiger partial charge in [0.2, 0.25) is 0 Å². The highest BCUT2D eigenvalue weighted by Crippen LogP contribution is 2.31. The van der Waals surface area contributed by atoms with Crippen molar-refractivity contribution < 1.29 is 13.6 Å². The van der Waals surface area contributed by atoms with Crippen molar-refractivity contribution in [3.8, 4) is 0 Å². The number of halogens is 2. The predicted octanol–water partition coefficient (Wildman–Crippen LogP) is 2.70. The first-order chi connectivity index (χ1) is 12.0. The molecule has 130 valence electrons. The third-order valence-corrected chi connectivity index (χ3v) is 5.96. The smallest absolute Gasteiger partial charge is 0.267 e. The Bertz CT molecular complexity index is 949. The molecule has 1 aliphatic rings. The Labute approximate surface area is 149 Å². The number of nitrogens with zero attached hydrogens (tertiary/aromatic N) is 5. The van der Waals surface area contributed by atoms with Crippen LogP contribution in [-0.4, -0.2) is 51.6 Å². The van der Waals surface area contributed by atoms with E-state index in [0.29, 0.717) is 46.6 Å². The zero-order valence-electron chi connectivity index (χ0n) is 13.2. The number of rotatable bonds is 2. The third kappa shape index (κ3) is 2.95. The topological polar surface area (TPSA) is 62.2 Å². The van der Waals surface area contributed by atoms with Crippen LogP contribution in [-0.2, 0) is 0 Å². The number of carbonyl (C=O) groups is 1. The average molecular weight is 381 g/mol. The number of fused-ring (bicyclic) bond motifs is 1. The minimum absolute atomic E-state index is 0.0652. The zero-order valence-corrected chi connectivity index (χ0v) is 14.8. The lowest BCUT2D eigenvalue weighted by Gasteiger charge is -2.34. The van der Waals surface area contributed by atoms with Gasteiger partial charge >= 0.3 is 0 Å². The highest BCUT2D eigenvalue weighted by molar-refractivity contribution is 7.22. The fraction of sp³-hybridized carbons (Fsp3) is 0.333. The number of benzene rings is 1. The summed E-state index contributed by atoms with van der Waals surface area (Å²) in [5.74, 6) is -1.33. The highest BCUT2D eigenvalue weighted by Gasteiger charge is 2.26. The minimum atomic E-state index is -0.653. The van der Waals surface area contributed by atoms with Gasteiger partial charge in [-0.15, -0.1) is 5.10 Å². The maximum absolute atomic E-state index is 13.8. The lowest BCUT2D eigenvalue weighted by Crippen LogP contribution is -2.48. The van der Waals surface area contributed by atoms with Gasteiger partial charge in [0.25, 0.3) is 5.91 Å². The second-order valence-electron chi connectivity index (χ2n) is 5.70. The largest absolute Gasteiger partial charge is 0.345 e. The molecule has 0 saturated carbocycles. The second-order valence-corrected chi connectivity index (χ2v) is 7.46. The molecule has 0 unspecified atom stereocenters. The van der Waals surface area contributed by atoms with E-state index in [9.17, 15) is 13.6 Å². The molecule has 1 aliphatic heterocycles. The Morgan fingerprint density at radius 3 is 2.64 bits per heavy atom. The van der Waals surface area contributed by atoms with Gasteiger partial charge in [-0.05, 0) is 24.5 Å². The van der Waals surface area contributed by atoms with Gasteiger partial charge in [0.15, 0.2) is 10.9 Å². The summed E-state index contributed by atoms with van der Waals surface area (Å²) >= 11 is 2.36. The van der Waals surface area contributed by atoms with E-state index in [4.69, 9.17) is 0 Å². The lowest BCUT2D eigenvalue weighted by molar-refractivity contribution is 0.0750. The van der Waals surface area contributed by atoms with Crippen molar-refractivity contribution in [3.63, 3.8) is 0 Å². The van der Waals surface area contributed by atoms with Gasteiger partial charge in [-0.3, -0.25) is 4.79 Å². The Kier molecular flexibility index (Phi) is 4.08. The number of carbonyl (C=O) groups excluding carboxylic acids is 1. The average Bonchev–Trinajstić information content (AvgIpc) is 3.20. The maximum Gasteiger partial charge on any atom is 0.267 e. The summed E-state index contributed by atoms with van der Waals surface area (Å²) in [6.45, 7) is 4.00. The number of hydrogen-bond donors (Lipinski definition) is 0. The molecule has 0 atom stereocenters. The van der Waals surface area contributed by atoms with Crippen molar-refractivity contribution in [3.05, 3.63) is 34.3 Å². The first-order valence-electron chi connectivity index (χ1n) is 7.61. The molecule has 1 saturated heterocycles. The fourth-order valence-corrected chi connectivity index (χ4v) is 4.43. The molecule has 0 aliphatic carbocycles. The van der Waals surface area contributed by atoms with E-state index in [1.54, 1.807) is 11.8 Å². The van der Waals surface area contributed by atoms with Crippen LogP contribution in [0.15, 0.2) is 12.1 Å². The molecule has 0 N–H and O–H groups in total. The number of piperazine rings is 1. The summed E-state index contributed by atoms with van der Waals surface area (Å²) in [5.41, 5.74) is 0.826. The maximum atomic E-state index is 13.8. The summed E-state index contributed by atoms with van der Waals surface area (Å²) in [4.78, 5) is 21.1. The van der Waals surface area contributed by atoms with Gasteiger partial charge in [0, 0.05) is 32.2 Å². The van der Waals surface area contributed by atoms with E-state index in [1.165, 1.54) is 17.4 Å². The van der Waals surface area contributed by atoms with Crippen LogP contribution in [0.4, 0.5) is 13.9 Å². The standard InChI is InChI=1S/C15H13F2N5OS2/c1-8-13(25-20-19-8)14(23)21-2-4-22(5-3-21)15-18-12-10(17)6-9(16)7-11(12)24-15/h6-7H,2-5H2,1H3. The lowest BCUT2D eigenvalue weighted by atomic mass is 10.3. The molecular weight excluding hydrogens is 368 g/mol. The fourth-order valence-electron chi connectivity index (χ4n) is 2.75. The van der Waals surface area contributed by atoms with Crippen LogP contribution in [0.3, 0.4) is 0 Å². The monoisotopic (exact) mass is 381 g/mol. The second kappa shape index (κ2) is 6.26. The first-order valence-corrected chi connectivity index (χ1v) is 9.20. The van der Waals surface area contributed by atoms with Gasteiger partial charge in [-0.1, -0.05) is 15.8 Å². The molecule has 4 rings (SSSR count). The third-order valence-electron chi connectivity index (χ3n) is 4.09. The van der Waals surface area contributed by atoms with Crippen molar-refractivity contribution in [1.29, 1.82) is 0 Å². The summed E-state index contributed by atoms with van der Waals surface area (Å²) < 4.78 is 31.4. The van der Waals surface area contributed by atoms with E-state index in [0.717, 1.165) is 17.6 Å². The van der Waals surface area contributed by atoms with Crippen molar-refractivity contribution in [1.82, 2.24) is 19.5 Å². The molecule has 0 spiro atoms. The number of hydrogen-bond acceptors (Lipinski definition) is 7. The molecule has 0 radical (unpaired) electrons. The summed E-state index contributed by atoms with van der Waals surface area (Å²) in [6.07, 6.45) is 0. The SMILES string of the molecule is Cc1nnsc1C(=O)N1CCN(c2nc3c(F)cc(F)cc3s2)CC1. The van der Waals surface area contributed by atoms with Crippen LogP contribution in [0.1, 0.15) is 15.4 Å². The first kappa shape index (κ1) is 16.3. The number of amides is 1. The van der Waals surface area contributed by atoms with Gasteiger partial charge in [0.1, 0.15) is 16.2 Å². The van der Waals surface area contributed by atoms with E-state index >= 15 is 0 Å². The molecule has 10 heteroatoms. The molecule has 2 aromatic heterocycles. The molecular formula is C15H13F2N5OS2. The van der Waals surface area contributed by atoms with Crippen molar-refractivity contribution in [2.45, 2.75) is 6.92 Å². The quantitative estimate of drug-likeness (QED) is 0.683. The number of aryl methyl sites for hydroxylation is 1. The predicted molar refractivity (Wildman–Crippen MR) is 92.3 cm³/mol. The highest BCUT2D eigenvalue weighted by atomic mass is 32.1.